The molecule has 4 nitrogen and oxygen atoms in total. The number of halogens is 1. The van der Waals surface area contributed by atoms with Crippen molar-refractivity contribution in [2.45, 2.75) is 64.3 Å². The molecular formula is C13H27ClN2O2S. The van der Waals surface area contributed by atoms with Gasteiger partial charge in [-0.05, 0) is 25.7 Å². The third-order valence-electron chi connectivity index (χ3n) is 4.07. The molecule has 0 amide bonds. The van der Waals surface area contributed by atoms with E-state index in [0.717, 1.165) is 32.1 Å². The van der Waals surface area contributed by atoms with Crippen LogP contribution < -0.4 is 4.72 Å². The molecule has 0 saturated carbocycles. The fourth-order valence-electron chi connectivity index (χ4n) is 2.66. The first-order chi connectivity index (χ1) is 8.92. The smallest absolute Gasteiger partial charge is 0.201 e. The molecule has 19 heavy (non-hydrogen) atoms. The lowest BCUT2D eigenvalue weighted by atomic mass is 9.99. The number of rotatable bonds is 7. The zero-order valence-electron chi connectivity index (χ0n) is 12.2. The zero-order chi connectivity index (χ0) is 14.5. The molecule has 1 saturated heterocycles. The minimum Gasteiger partial charge on any atom is -0.201 e. The van der Waals surface area contributed by atoms with Crippen molar-refractivity contribution in [2.24, 2.45) is 5.92 Å². The van der Waals surface area contributed by atoms with E-state index in [1.54, 1.807) is 4.31 Å². The highest BCUT2D eigenvalue weighted by atomic mass is 35.5. The Bertz CT molecular complexity index is 358. The molecular weight excluding hydrogens is 284 g/mol. The van der Waals surface area contributed by atoms with Gasteiger partial charge in [0.1, 0.15) is 0 Å². The lowest BCUT2D eigenvalue weighted by molar-refractivity contribution is 0.265. The van der Waals surface area contributed by atoms with Crippen LogP contribution in [0.2, 0.25) is 0 Å². The van der Waals surface area contributed by atoms with E-state index in [9.17, 15) is 8.42 Å². The maximum absolute atomic E-state index is 12.3. The Hall–Kier alpha value is 0.160. The van der Waals surface area contributed by atoms with Gasteiger partial charge in [0.25, 0.3) is 10.2 Å². The van der Waals surface area contributed by atoms with Gasteiger partial charge in [0, 0.05) is 24.5 Å². The zero-order valence-corrected chi connectivity index (χ0v) is 13.8. The van der Waals surface area contributed by atoms with Gasteiger partial charge in [0.15, 0.2) is 0 Å². The Morgan fingerprint density at radius 2 is 1.95 bits per heavy atom. The summed E-state index contributed by atoms with van der Waals surface area (Å²) in [7, 11) is -3.38. The van der Waals surface area contributed by atoms with Gasteiger partial charge in [-0.15, -0.1) is 11.6 Å². The minimum atomic E-state index is -3.38. The minimum absolute atomic E-state index is 0.0909. The van der Waals surface area contributed by atoms with Crippen molar-refractivity contribution in [3.8, 4) is 0 Å². The van der Waals surface area contributed by atoms with Crippen LogP contribution in [0.25, 0.3) is 0 Å². The number of piperidine rings is 1. The number of hydrogen-bond donors (Lipinski definition) is 1. The highest BCUT2D eigenvalue weighted by Crippen LogP contribution is 2.21. The third kappa shape index (κ3) is 4.88. The largest absolute Gasteiger partial charge is 0.279 e. The summed E-state index contributed by atoms with van der Waals surface area (Å²) in [6.45, 7) is 7.08. The Balaban J connectivity index is 2.55. The molecule has 114 valence electrons. The van der Waals surface area contributed by atoms with Crippen molar-refractivity contribution >= 4 is 21.8 Å². The molecule has 0 aromatic rings. The first kappa shape index (κ1) is 17.2. The highest BCUT2D eigenvalue weighted by Gasteiger charge is 2.30. The lowest BCUT2D eigenvalue weighted by Crippen LogP contribution is -2.49. The molecule has 1 rings (SSSR count). The normalized spacial score (nSPS) is 23.7. The standard InChI is InChI=1S/C13H27ClN2O2S/c1-4-12(5-2)13(14)10-15-19(17,18)16-9-7-6-8-11(16)3/h11-13,15H,4-10H2,1-3H3. The van der Waals surface area contributed by atoms with Crippen molar-refractivity contribution in [1.82, 2.24) is 9.03 Å². The Kier molecular flexibility index (Phi) is 7.08. The molecule has 2 atom stereocenters. The summed E-state index contributed by atoms with van der Waals surface area (Å²) in [5, 5.41) is -0.134. The van der Waals surface area contributed by atoms with Gasteiger partial charge in [-0.25, -0.2) is 4.72 Å². The lowest BCUT2D eigenvalue weighted by Gasteiger charge is -2.32. The number of nitrogens with zero attached hydrogens (tertiary/aromatic N) is 1. The molecule has 1 N–H and O–H groups in total. The topological polar surface area (TPSA) is 49.4 Å². The molecule has 0 spiro atoms. The van der Waals surface area contributed by atoms with E-state index in [0.29, 0.717) is 19.0 Å². The average molecular weight is 311 g/mol. The molecule has 6 heteroatoms. The van der Waals surface area contributed by atoms with E-state index in [4.69, 9.17) is 11.6 Å². The number of hydrogen-bond acceptors (Lipinski definition) is 2. The molecule has 2 unspecified atom stereocenters. The van der Waals surface area contributed by atoms with E-state index < -0.39 is 10.2 Å². The van der Waals surface area contributed by atoms with Crippen molar-refractivity contribution in [2.75, 3.05) is 13.1 Å². The van der Waals surface area contributed by atoms with Crippen molar-refractivity contribution in [3.05, 3.63) is 0 Å². The van der Waals surface area contributed by atoms with E-state index in [2.05, 4.69) is 18.6 Å². The SMILES string of the molecule is CCC(CC)C(Cl)CNS(=O)(=O)N1CCCCC1C. The van der Waals surface area contributed by atoms with Crippen molar-refractivity contribution in [3.63, 3.8) is 0 Å². The molecule has 1 heterocycles. The molecule has 0 aliphatic carbocycles. The number of nitrogens with one attached hydrogen (secondary N) is 1. The Labute approximate surface area is 123 Å². The second-order valence-corrected chi connectivity index (χ2v) is 7.67. The van der Waals surface area contributed by atoms with Crippen LogP contribution in [0.3, 0.4) is 0 Å². The molecule has 0 radical (unpaired) electrons. The summed E-state index contributed by atoms with van der Waals surface area (Å²) in [4.78, 5) is 0. The van der Waals surface area contributed by atoms with Crippen LogP contribution in [0.1, 0.15) is 52.9 Å². The predicted octanol–water partition coefficient (Wildman–Crippen LogP) is 2.74. The second kappa shape index (κ2) is 7.81. The molecule has 0 aromatic heterocycles. The first-order valence-corrected chi connectivity index (χ1v) is 9.20. The number of alkyl halides is 1. The van der Waals surface area contributed by atoms with Crippen LogP contribution in [-0.2, 0) is 10.2 Å². The summed E-state index contributed by atoms with van der Waals surface area (Å²) < 4.78 is 28.8. The van der Waals surface area contributed by atoms with Crippen LogP contribution in [0.5, 0.6) is 0 Å². The van der Waals surface area contributed by atoms with E-state index in [-0.39, 0.29) is 11.4 Å². The molecule has 0 aromatic carbocycles. The monoisotopic (exact) mass is 310 g/mol. The van der Waals surface area contributed by atoms with Gasteiger partial charge in [-0.3, -0.25) is 0 Å². The van der Waals surface area contributed by atoms with Gasteiger partial charge in [-0.2, -0.15) is 12.7 Å². The van der Waals surface area contributed by atoms with E-state index >= 15 is 0 Å². The van der Waals surface area contributed by atoms with E-state index in [1.165, 1.54) is 0 Å². The fourth-order valence-corrected chi connectivity index (χ4v) is 4.69. The van der Waals surface area contributed by atoms with Crippen LogP contribution in [-0.4, -0.2) is 37.2 Å². The Morgan fingerprint density at radius 1 is 1.32 bits per heavy atom. The highest BCUT2D eigenvalue weighted by molar-refractivity contribution is 7.87. The molecule has 1 aliphatic heterocycles. The maximum Gasteiger partial charge on any atom is 0.279 e. The summed E-state index contributed by atoms with van der Waals surface area (Å²) in [6, 6.07) is 0.0909. The van der Waals surface area contributed by atoms with Crippen LogP contribution in [0.4, 0.5) is 0 Å². The van der Waals surface area contributed by atoms with Gasteiger partial charge in [0.05, 0.1) is 0 Å². The van der Waals surface area contributed by atoms with Crippen LogP contribution in [0.15, 0.2) is 0 Å². The van der Waals surface area contributed by atoms with Gasteiger partial charge in [-0.1, -0.05) is 33.1 Å². The second-order valence-electron chi connectivity index (χ2n) is 5.40. The Morgan fingerprint density at radius 3 is 2.47 bits per heavy atom. The van der Waals surface area contributed by atoms with Crippen molar-refractivity contribution < 1.29 is 8.42 Å². The molecule has 1 aliphatic rings. The summed E-state index contributed by atoms with van der Waals surface area (Å²) in [5.41, 5.74) is 0. The van der Waals surface area contributed by atoms with E-state index in [1.807, 2.05) is 6.92 Å². The quantitative estimate of drug-likeness (QED) is 0.735. The fraction of sp³-hybridized carbons (Fsp3) is 1.00. The first-order valence-electron chi connectivity index (χ1n) is 7.32. The predicted molar refractivity (Wildman–Crippen MR) is 80.7 cm³/mol. The van der Waals surface area contributed by atoms with Gasteiger partial charge in [0.2, 0.25) is 0 Å². The third-order valence-corrected chi connectivity index (χ3v) is 6.27. The molecule has 0 bridgehead atoms. The summed E-state index contributed by atoms with van der Waals surface area (Å²) in [6.07, 6.45) is 4.96. The summed E-state index contributed by atoms with van der Waals surface area (Å²) in [5.74, 6) is 0.364. The average Bonchev–Trinajstić information content (AvgIpc) is 2.38. The van der Waals surface area contributed by atoms with Crippen molar-refractivity contribution in [1.29, 1.82) is 0 Å². The van der Waals surface area contributed by atoms with Crippen LogP contribution >= 0.6 is 11.6 Å². The molecule has 1 fully saturated rings. The summed E-state index contributed by atoms with van der Waals surface area (Å²) >= 11 is 6.28. The van der Waals surface area contributed by atoms with Crippen LogP contribution in [0, 0.1) is 5.92 Å². The maximum atomic E-state index is 12.3. The van der Waals surface area contributed by atoms with Gasteiger partial charge < -0.3 is 0 Å². The van der Waals surface area contributed by atoms with Gasteiger partial charge >= 0.3 is 0 Å².